The maximum atomic E-state index is 5.95. The Bertz CT molecular complexity index is 370. The van der Waals surface area contributed by atoms with E-state index in [0.717, 1.165) is 43.8 Å². The van der Waals surface area contributed by atoms with Crippen LogP contribution < -0.4 is 10.6 Å². The zero-order valence-electron chi connectivity index (χ0n) is 10.8. The molecule has 2 N–H and O–H groups in total. The third kappa shape index (κ3) is 2.91. The first-order valence-electron chi connectivity index (χ1n) is 6.43. The molecule has 1 aliphatic rings. The van der Waals surface area contributed by atoms with Gasteiger partial charge in [0.15, 0.2) is 0 Å². The molecule has 0 unspecified atom stereocenters. The van der Waals surface area contributed by atoms with Crippen molar-refractivity contribution in [3.05, 3.63) is 23.8 Å². The largest absolute Gasteiger partial charge is 0.398 e. The number of benzene rings is 1. The van der Waals surface area contributed by atoms with Gasteiger partial charge in [0, 0.05) is 31.1 Å². The number of hydrogen-bond donors (Lipinski definition) is 1. The second-order valence-corrected chi connectivity index (χ2v) is 4.68. The molecular weight excluding hydrogens is 212 g/mol. The van der Waals surface area contributed by atoms with Gasteiger partial charge in [-0.15, -0.1) is 0 Å². The van der Waals surface area contributed by atoms with Gasteiger partial charge in [0.25, 0.3) is 0 Å². The standard InChI is InChI=1S/C14H22N2O/c1-3-17-13-6-8-16(9-7-13)12-5-4-11(2)14(15)10-12/h4-5,10,13H,3,6-9,15H2,1-2H3. The fraction of sp³-hybridized carbons (Fsp3) is 0.571. The molecule has 0 aromatic heterocycles. The van der Waals surface area contributed by atoms with E-state index in [1.165, 1.54) is 5.69 Å². The lowest BCUT2D eigenvalue weighted by Gasteiger charge is -2.33. The first-order valence-corrected chi connectivity index (χ1v) is 6.43. The van der Waals surface area contributed by atoms with Crippen LogP contribution in [0.15, 0.2) is 18.2 Å². The molecule has 1 aromatic rings. The van der Waals surface area contributed by atoms with Gasteiger partial charge < -0.3 is 15.4 Å². The highest BCUT2D eigenvalue weighted by Crippen LogP contribution is 2.24. The Balaban J connectivity index is 1.98. The first kappa shape index (κ1) is 12.2. The maximum Gasteiger partial charge on any atom is 0.0608 e. The Morgan fingerprint density at radius 2 is 2.06 bits per heavy atom. The van der Waals surface area contributed by atoms with Gasteiger partial charge in [0.05, 0.1) is 6.10 Å². The van der Waals surface area contributed by atoms with Crippen molar-refractivity contribution in [1.82, 2.24) is 0 Å². The van der Waals surface area contributed by atoms with Crippen LogP contribution in [-0.4, -0.2) is 25.8 Å². The highest BCUT2D eigenvalue weighted by atomic mass is 16.5. The number of piperidine rings is 1. The quantitative estimate of drug-likeness (QED) is 0.817. The summed E-state index contributed by atoms with van der Waals surface area (Å²) in [5.74, 6) is 0. The van der Waals surface area contributed by atoms with E-state index in [1.54, 1.807) is 0 Å². The van der Waals surface area contributed by atoms with Gasteiger partial charge in [-0.25, -0.2) is 0 Å². The molecular formula is C14H22N2O. The van der Waals surface area contributed by atoms with E-state index in [4.69, 9.17) is 10.5 Å². The highest BCUT2D eigenvalue weighted by Gasteiger charge is 2.19. The molecule has 0 aliphatic carbocycles. The Hall–Kier alpha value is -1.22. The number of rotatable bonds is 3. The fourth-order valence-electron chi connectivity index (χ4n) is 2.34. The smallest absolute Gasteiger partial charge is 0.0608 e. The third-order valence-electron chi connectivity index (χ3n) is 3.47. The van der Waals surface area contributed by atoms with E-state index in [-0.39, 0.29) is 0 Å². The topological polar surface area (TPSA) is 38.5 Å². The molecule has 94 valence electrons. The van der Waals surface area contributed by atoms with Gasteiger partial charge in [0.1, 0.15) is 0 Å². The number of anilines is 2. The van der Waals surface area contributed by atoms with Crippen molar-refractivity contribution in [2.75, 3.05) is 30.3 Å². The average Bonchev–Trinajstić information content (AvgIpc) is 2.34. The van der Waals surface area contributed by atoms with Crippen molar-refractivity contribution < 1.29 is 4.74 Å². The van der Waals surface area contributed by atoms with Crippen LogP contribution in [0.2, 0.25) is 0 Å². The molecule has 0 atom stereocenters. The Labute approximate surface area is 104 Å². The molecule has 1 aliphatic heterocycles. The lowest BCUT2D eigenvalue weighted by molar-refractivity contribution is 0.0459. The molecule has 0 saturated carbocycles. The van der Waals surface area contributed by atoms with Gasteiger partial charge in [0.2, 0.25) is 0 Å². The van der Waals surface area contributed by atoms with E-state index in [0.29, 0.717) is 6.10 Å². The van der Waals surface area contributed by atoms with E-state index < -0.39 is 0 Å². The van der Waals surface area contributed by atoms with E-state index in [2.05, 4.69) is 30.0 Å². The summed E-state index contributed by atoms with van der Waals surface area (Å²) in [6.45, 7) is 7.05. The van der Waals surface area contributed by atoms with E-state index in [1.807, 2.05) is 6.92 Å². The zero-order valence-corrected chi connectivity index (χ0v) is 10.8. The second kappa shape index (κ2) is 5.41. The molecule has 0 radical (unpaired) electrons. The van der Waals surface area contributed by atoms with E-state index >= 15 is 0 Å². The third-order valence-corrected chi connectivity index (χ3v) is 3.47. The van der Waals surface area contributed by atoms with Crippen molar-refractivity contribution in [3.8, 4) is 0 Å². The molecule has 17 heavy (non-hydrogen) atoms. The van der Waals surface area contributed by atoms with Gasteiger partial charge >= 0.3 is 0 Å². The molecule has 1 fully saturated rings. The van der Waals surface area contributed by atoms with Crippen molar-refractivity contribution >= 4 is 11.4 Å². The normalized spacial score (nSPS) is 17.4. The number of hydrogen-bond acceptors (Lipinski definition) is 3. The Morgan fingerprint density at radius 3 is 2.65 bits per heavy atom. The molecule has 1 saturated heterocycles. The van der Waals surface area contributed by atoms with E-state index in [9.17, 15) is 0 Å². The predicted molar refractivity (Wildman–Crippen MR) is 72.5 cm³/mol. The predicted octanol–water partition coefficient (Wildman–Crippen LogP) is 2.58. The van der Waals surface area contributed by atoms with Gasteiger partial charge in [-0.1, -0.05) is 6.07 Å². The number of nitrogens with zero attached hydrogens (tertiary/aromatic N) is 1. The first-order chi connectivity index (χ1) is 8.20. The number of ether oxygens (including phenoxy) is 1. The minimum atomic E-state index is 0.444. The van der Waals surface area contributed by atoms with Crippen LogP contribution in [0.5, 0.6) is 0 Å². The lowest BCUT2D eigenvalue weighted by Crippen LogP contribution is -2.37. The van der Waals surface area contributed by atoms with Crippen LogP contribution in [-0.2, 0) is 4.74 Å². The molecule has 2 rings (SSSR count). The molecule has 1 aromatic carbocycles. The molecule has 1 heterocycles. The Kier molecular flexibility index (Phi) is 3.89. The van der Waals surface area contributed by atoms with Gasteiger partial charge in [-0.2, -0.15) is 0 Å². The van der Waals surface area contributed by atoms with Crippen LogP contribution in [0.3, 0.4) is 0 Å². The van der Waals surface area contributed by atoms with Crippen molar-refractivity contribution in [3.63, 3.8) is 0 Å². The lowest BCUT2D eigenvalue weighted by atomic mass is 10.1. The number of nitrogen functional groups attached to an aromatic ring is 1. The summed E-state index contributed by atoms with van der Waals surface area (Å²) in [6.07, 6.45) is 2.67. The second-order valence-electron chi connectivity index (χ2n) is 4.68. The zero-order chi connectivity index (χ0) is 12.3. The van der Waals surface area contributed by atoms with Crippen molar-refractivity contribution in [2.24, 2.45) is 0 Å². The summed E-state index contributed by atoms with van der Waals surface area (Å²) in [7, 11) is 0. The summed E-state index contributed by atoms with van der Waals surface area (Å²) in [4.78, 5) is 2.39. The fourth-order valence-corrected chi connectivity index (χ4v) is 2.34. The van der Waals surface area contributed by atoms with Crippen LogP contribution in [0.1, 0.15) is 25.3 Å². The summed E-state index contributed by atoms with van der Waals surface area (Å²) < 4.78 is 5.66. The van der Waals surface area contributed by atoms with Crippen molar-refractivity contribution in [2.45, 2.75) is 32.8 Å². The van der Waals surface area contributed by atoms with Crippen LogP contribution in [0, 0.1) is 6.92 Å². The minimum Gasteiger partial charge on any atom is -0.398 e. The maximum absolute atomic E-state index is 5.95. The minimum absolute atomic E-state index is 0.444. The summed E-state index contributed by atoms with van der Waals surface area (Å²) in [5, 5.41) is 0. The van der Waals surface area contributed by atoms with Crippen LogP contribution in [0.25, 0.3) is 0 Å². The van der Waals surface area contributed by atoms with Gasteiger partial charge in [-0.05, 0) is 44.4 Å². The average molecular weight is 234 g/mol. The Morgan fingerprint density at radius 1 is 1.35 bits per heavy atom. The highest BCUT2D eigenvalue weighted by molar-refractivity contribution is 5.59. The molecule has 3 nitrogen and oxygen atoms in total. The number of aryl methyl sites for hydroxylation is 1. The summed E-state index contributed by atoms with van der Waals surface area (Å²) >= 11 is 0. The number of nitrogens with two attached hydrogens (primary N) is 1. The molecule has 0 bridgehead atoms. The SMILES string of the molecule is CCOC1CCN(c2ccc(C)c(N)c2)CC1. The molecule has 3 heteroatoms. The van der Waals surface area contributed by atoms with Crippen LogP contribution >= 0.6 is 0 Å². The summed E-state index contributed by atoms with van der Waals surface area (Å²) in [6, 6.07) is 6.34. The van der Waals surface area contributed by atoms with Gasteiger partial charge in [-0.3, -0.25) is 0 Å². The van der Waals surface area contributed by atoms with Crippen LogP contribution in [0.4, 0.5) is 11.4 Å². The molecule has 0 amide bonds. The monoisotopic (exact) mass is 234 g/mol. The molecule has 0 spiro atoms. The summed E-state index contributed by atoms with van der Waals surface area (Å²) in [5.41, 5.74) is 9.22. The van der Waals surface area contributed by atoms with Crippen molar-refractivity contribution in [1.29, 1.82) is 0 Å².